The van der Waals surface area contributed by atoms with Crippen LogP contribution in [-0.2, 0) is 9.47 Å². The molecule has 1 aliphatic carbocycles. The van der Waals surface area contributed by atoms with Crippen molar-refractivity contribution in [2.45, 2.75) is 51.4 Å². The van der Waals surface area contributed by atoms with Gasteiger partial charge >= 0.3 is 0 Å². The zero-order valence-corrected chi connectivity index (χ0v) is 9.58. The highest BCUT2D eigenvalue weighted by Crippen LogP contribution is 2.21. The van der Waals surface area contributed by atoms with E-state index in [4.69, 9.17) is 9.47 Å². The van der Waals surface area contributed by atoms with Gasteiger partial charge in [-0.1, -0.05) is 0 Å². The van der Waals surface area contributed by atoms with Crippen molar-refractivity contribution in [2.75, 3.05) is 20.3 Å². The Labute approximate surface area is 87.2 Å². The molecule has 0 saturated heterocycles. The molecule has 0 spiro atoms. The average Bonchev–Trinajstić information content (AvgIpc) is 2.59. The predicted molar refractivity (Wildman–Crippen MR) is 57.5 cm³/mol. The molecule has 0 aliphatic heterocycles. The molecule has 3 nitrogen and oxygen atoms in total. The summed E-state index contributed by atoms with van der Waals surface area (Å²) in [6.07, 6.45) is 4.45. The van der Waals surface area contributed by atoms with E-state index in [9.17, 15) is 0 Å². The van der Waals surface area contributed by atoms with Crippen LogP contribution in [0.1, 0.15) is 33.1 Å². The molecule has 2 unspecified atom stereocenters. The second-order valence-electron chi connectivity index (χ2n) is 4.19. The molecule has 84 valence electrons. The van der Waals surface area contributed by atoms with Crippen LogP contribution in [0.5, 0.6) is 0 Å². The first kappa shape index (κ1) is 12.0. The third-order valence-corrected chi connectivity index (χ3v) is 2.72. The van der Waals surface area contributed by atoms with Crippen LogP contribution < -0.4 is 5.32 Å². The smallest absolute Gasteiger partial charge is 0.0724 e. The summed E-state index contributed by atoms with van der Waals surface area (Å²) in [5, 5.41) is 3.49. The van der Waals surface area contributed by atoms with Gasteiger partial charge in [-0.2, -0.15) is 0 Å². The molecular formula is C11H23NO2. The summed E-state index contributed by atoms with van der Waals surface area (Å²) in [7, 11) is 1.80. The Hall–Kier alpha value is -0.120. The van der Waals surface area contributed by atoms with E-state index in [1.165, 1.54) is 19.3 Å². The molecule has 1 aliphatic rings. The second-order valence-corrected chi connectivity index (χ2v) is 4.19. The fourth-order valence-electron chi connectivity index (χ4n) is 1.98. The number of hydrogen-bond donors (Lipinski definition) is 1. The summed E-state index contributed by atoms with van der Waals surface area (Å²) in [6.45, 7) is 5.86. The SMILES string of the molecule is COC1CCCC1NCCOC(C)C. The molecule has 0 radical (unpaired) electrons. The summed E-state index contributed by atoms with van der Waals surface area (Å²) in [6, 6.07) is 0.538. The van der Waals surface area contributed by atoms with E-state index in [0.717, 1.165) is 13.2 Å². The Balaban J connectivity index is 2.05. The minimum Gasteiger partial charge on any atom is -0.380 e. The first-order chi connectivity index (χ1) is 6.74. The third-order valence-electron chi connectivity index (χ3n) is 2.72. The molecule has 1 fully saturated rings. The molecule has 14 heavy (non-hydrogen) atoms. The molecule has 2 atom stereocenters. The van der Waals surface area contributed by atoms with E-state index >= 15 is 0 Å². The number of rotatable bonds is 6. The molecule has 0 aromatic heterocycles. The highest BCUT2D eigenvalue weighted by Gasteiger charge is 2.25. The van der Waals surface area contributed by atoms with Crippen LogP contribution in [0.25, 0.3) is 0 Å². The number of methoxy groups -OCH3 is 1. The summed E-state index contributed by atoms with van der Waals surface area (Å²) in [5.74, 6) is 0. The normalized spacial score (nSPS) is 27.4. The van der Waals surface area contributed by atoms with Crippen molar-refractivity contribution >= 4 is 0 Å². The Morgan fingerprint density at radius 3 is 2.79 bits per heavy atom. The molecule has 0 aromatic carbocycles. The maximum atomic E-state index is 5.47. The monoisotopic (exact) mass is 201 g/mol. The van der Waals surface area contributed by atoms with Crippen LogP contribution >= 0.6 is 0 Å². The fraction of sp³-hybridized carbons (Fsp3) is 1.00. The van der Waals surface area contributed by atoms with Crippen molar-refractivity contribution in [2.24, 2.45) is 0 Å². The van der Waals surface area contributed by atoms with Gasteiger partial charge < -0.3 is 14.8 Å². The van der Waals surface area contributed by atoms with Crippen LogP contribution in [0.3, 0.4) is 0 Å². The van der Waals surface area contributed by atoms with Gasteiger partial charge in [0.2, 0.25) is 0 Å². The lowest BCUT2D eigenvalue weighted by Gasteiger charge is -2.19. The Morgan fingerprint density at radius 1 is 1.36 bits per heavy atom. The van der Waals surface area contributed by atoms with Gasteiger partial charge in [0.1, 0.15) is 0 Å². The van der Waals surface area contributed by atoms with Gasteiger partial charge in [0.15, 0.2) is 0 Å². The van der Waals surface area contributed by atoms with Crippen LogP contribution in [0.2, 0.25) is 0 Å². The molecule has 1 N–H and O–H groups in total. The average molecular weight is 201 g/mol. The Morgan fingerprint density at radius 2 is 2.14 bits per heavy atom. The lowest BCUT2D eigenvalue weighted by molar-refractivity contribution is 0.0635. The van der Waals surface area contributed by atoms with Gasteiger partial charge in [0.05, 0.1) is 18.8 Å². The molecule has 0 bridgehead atoms. The molecule has 1 rings (SSSR count). The summed E-state index contributed by atoms with van der Waals surface area (Å²) >= 11 is 0. The topological polar surface area (TPSA) is 30.5 Å². The number of ether oxygens (including phenoxy) is 2. The zero-order valence-electron chi connectivity index (χ0n) is 9.58. The minimum absolute atomic E-state index is 0.332. The Bertz CT molecular complexity index is 150. The first-order valence-electron chi connectivity index (χ1n) is 5.62. The second kappa shape index (κ2) is 6.38. The molecule has 0 aromatic rings. The largest absolute Gasteiger partial charge is 0.380 e. The van der Waals surface area contributed by atoms with E-state index in [2.05, 4.69) is 19.2 Å². The maximum Gasteiger partial charge on any atom is 0.0724 e. The third kappa shape index (κ3) is 3.95. The molecule has 3 heteroatoms. The van der Waals surface area contributed by atoms with Crippen LogP contribution in [0, 0.1) is 0 Å². The summed E-state index contributed by atoms with van der Waals surface area (Å²) in [4.78, 5) is 0. The van der Waals surface area contributed by atoms with Gasteiger partial charge in [0.25, 0.3) is 0 Å². The minimum atomic E-state index is 0.332. The quantitative estimate of drug-likeness (QED) is 0.662. The maximum absolute atomic E-state index is 5.47. The van der Waals surface area contributed by atoms with Crippen LogP contribution in [0.15, 0.2) is 0 Å². The van der Waals surface area contributed by atoms with E-state index in [-0.39, 0.29) is 0 Å². The standard InChI is InChI=1S/C11H23NO2/c1-9(2)14-8-7-12-10-5-4-6-11(10)13-3/h9-12H,4-8H2,1-3H3. The summed E-state index contributed by atoms with van der Waals surface area (Å²) in [5.41, 5.74) is 0. The lowest BCUT2D eigenvalue weighted by atomic mass is 10.2. The highest BCUT2D eigenvalue weighted by molar-refractivity contribution is 4.83. The van der Waals surface area contributed by atoms with Crippen molar-refractivity contribution in [3.63, 3.8) is 0 Å². The van der Waals surface area contributed by atoms with Gasteiger partial charge in [0, 0.05) is 19.7 Å². The van der Waals surface area contributed by atoms with E-state index in [0.29, 0.717) is 18.2 Å². The Kier molecular flexibility index (Phi) is 5.45. The van der Waals surface area contributed by atoms with Gasteiger partial charge in [-0.3, -0.25) is 0 Å². The van der Waals surface area contributed by atoms with Gasteiger partial charge in [-0.25, -0.2) is 0 Å². The highest BCUT2D eigenvalue weighted by atomic mass is 16.5. The van der Waals surface area contributed by atoms with E-state index in [1.807, 2.05) is 0 Å². The van der Waals surface area contributed by atoms with Gasteiger partial charge in [-0.15, -0.1) is 0 Å². The number of hydrogen-bond acceptors (Lipinski definition) is 3. The first-order valence-corrected chi connectivity index (χ1v) is 5.62. The molecule has 0 amide bonds. The predicted octanol–water partition coefficient (Wildman–Crippen LogP) is 1.57. The van der Waals surface area contributed by atoms with E-state index in [1.54, 1.807) is 7.11 Å². The van der Waals surface area contributed by atoms with Crippen molar-refractivity contribution in [1.29, 1.82) is 0 Å². The summed E-state index contributed by atoms with van der Waals surface area (Å²) < 4.78 is 10.9. The number of nitrogens with one attached hydrogen (secondary N) is 1. The van der Waals surface area contributed by atoms with Crippen molar-refractivity contribution in [1.82, 2.24) is 5.32 Å². The zero-order chi connectivity index (χ0) is 10.4. The van der Waals surface area contributed by atoms with Crippen molar-refractivity contribution in [3.8, 4) is 0 Å². The molecule has 0 heterocycles. The van der Waals surface area contributed by atoms with Crippen LogP contribution in [-0.4, -0.2) is 38.5 Å². The lowest BCUT2D eigenvalue weighted by Crippen LogP contribution is -2.38. The molecule has 1 saturated carbocycles. The van der Waals surface area contributed by atoms with E-state index < -0.39 is 0 Å². The van der Waals surface area contributed by atoms with Crippen molar-refractivity contribution in [3.05, 3.63) is 0 Å². The van der Waals surface area contributed by atoms with Crippen LogP contribution in [0.4, 0.5) is 0 Å². The van der Waals surface area contributed by atoms with Gasteiger partial charge in [-0.05, 0) is 33.1 Å². The van der Waals surface area contributed by atoms with Crippen molar-refractivity contribution < 1.29 is 9.47 Å². The fourth-order valence-corrected chi connectivity index (χ4v) is 1.98. The molecular weight excluding hydrogens is 178 g/mol.